The predicted molar refractivity (Wildman–Crippen MR) is 64.9 cm³/mol. The van der Waals surface area contributed by atoms with Gasteiger partial charge in [-0.25, -0.2) is 0 Å². The molecule has 2 aliphatic rings. The molecular weight excluding hydrogens is 200 g/mol. The van der Waals surface area contributed by atoms with Crippen molar-refractivity contribution in [3.8, 4) is 0 Å². The van der Waals surface area contributed by atoms with Gasteiger partial charge in [-0.15, -0.1) is 0 Å². The molecule has 1 amide bonds. The van der Waals surface area contributed by atoms with Crippen molar-refractivity contribution in [3.05, 3.63) is 0 Å². The molecule has 0 spiro atoms. The molecule has 92 valence electrons. The van der Waals surface area contributed by atoms with Crippen LogP contribution in [0.15, 0.2) is 0 Å². The molecule has 2 N–H and O–H groups in total. The van der Waals surface area contributed by atoms with Gasteiger partial charge in [0.05, 0.1) is 0 Å². The molecular formula is C13H24N2O. The molecule has 1 saturated heterocycles. The van der Waals surface area contributed by atoms with Crippen LogP contribution in [-0.2, 0) is 4.79 Å². The van der Waals surface area contributed by atoms with Gasteiger partial charge in [0, 0.05) is 19.0 Å². The second-order valence-corrected chi connectivity index (χ2v) is 5.54. The van der Waals surface area contributed by atoms with Crippen LogP contribution < -0.4 is 5.73 Å². The minimum absolute atomic E-state index is 0.337. The van der Waals surface area contributed by atoms with E-state index in [1.54, 1.807) is 0 Å². The number of carbonyl (C=O) groups is 1. The van der Waals surface area contributed by atoms with Crippen LogP contribution in [0.2, 0.25) is 0 Å². The first-order chi connectivity index (χ1) is 7.72. The summed E-state index contributed by atoms with van der Waals surface area (Å²) in [6.45, 7) is 4.91. The fraction of sp³-hybridized carbons (Fsp3) is 0.923. The summed E-state index contributed by atoms with van der Waals surface area (Å²) in [5.74, 6) is 2.02. The topological polar surface area (TPSA) is 46.3 Å². The summed E-state index contributed by atoms with van der Waals surface area (Å²) in [4.78, 5) is 14.3. The molecule has 3 heteroatoms. The van der Waals surface area contributed by atoms with Gasteiger partial charge in [0.25, 0.3) is 0 Å². The molecule has 2 atom stereocenters. The highest BCUT2D eigenvalue weighted by Gasteiger charge is 2.35. The molecule has 0 unspecified atom stereocenters. The second kappa shape index (κ2) is 5.17. The molecule has 0 aromatic heterocycles. The van der Waals surface area contributed by atoms with E-state index in [1.807, 2.05) is 0 Å². The fourth-order valence-corrected chi connectivity index (χ4v) is 3.24. The molecule has 16 heavy (non-hydrogen) atoms. The van der Waals surface area contributed by atoms with Crippen LogP contribution in [0.3, 0.4) is 0 Å². The average molecular weight is 224 g/mol. The Labute approximate surface area is 98.4 Å². The van der Waals surface area contributed by atoms with Gasteiger partial charge in [0.2, 0.25) is 5.91 Å². The van der Waals surface area contributed by atoms with Crippen LogP contribution in [0, 0.1) is 17.8 Å². The summed E-state index contributed by atoms with van der Waals surface area (Å²) in [7, 11) is 0. The van der Waals surface area contributed by atoms with Crippen molar-refractivity contribution in [2.75, 3.05) is 19.6 Å². The molecule has 0 aromatic carbocycles. The van der Waals surface area contributed by atoms with Crippen molar-refractivity contribution in [1.82, 2.24) is 4.90 Å². The zero-order valence-corrected chi connectivity index (χ0v) is 10.3. The van der Waals surface area contributed by atoms with Gasteiger partial charge in [-0.3, -0.25) is 4.79 Å². The maximum Gasteiger partial charge on any atom is 0.225 e. The van der Waals surface area contributed by atoms with E-state index in [1.165, 1.54) is 12.8 Å². The monoisotopic (exact) mass is 224 g/mol. The standard InChI is InChI=1S/C13H24N2O/c1-10-8-15(9-12(10)6-7-14)13(16)11-4-2-3-5-11/h10-12H,2-9,14H2,1H3/t10-,12-/m1/s1. The number of hydrogen-bond acceptors (Lipinski definition) is 2. The molecule has 1 aliphatic carbocycles. The highest BCUT2D eigenvalue weighted by atomic mass is 16.2. The Hall–Kier alpha value is -0.570. The summed E-state index contributed by atoms with van der Waals surface area (Å²) in [6.07, 6.45) is 5.78. The minimum Gasteiger partial charge on any atom is -0.342 e. The van der Waals surface area contributed by atoms with Crippen LogP contribution >= 0.6 is 0 Å². The number of amides is 1. The summed E-state index contributed by atoms with van der Waals surface area (Å²) < 4.78 is 0. The first-order valence-corrected chi connectivity index (χ1v) is 6.71. The van der Waals surface area contributed by atoms with Gasteiger partial charge in [-0.2, -0.15) is 0 Å². The summed E-state index contributed by atoms with van der Waals surface area (Å²) in [6, 6.07) is 0. The Morgan fingerprint density at radius 1 is 1.31 bits per heavy atom. The molecule has 3 nitrogen and oxygen atoms in total. The summed E-state index contributed by atoms with van der Waals surface area (Å²) in [5, 5.41) is 0. The molecule has 2 fully saturated rings. The van der Waals surface area contributed by atoms with Crippen molar-refractivity contribution < 1.29 is 4.79 Å². The number of nitrogens with two attached hydrogens (primary N) is 1. The maximum atomic E-state index is 12.2. The Bertz CT molecular complexity index is 248. The summed E-state index contributed by atoms with van der Waals surface area (Å²) in [5.41, 5.74) is 5.61. The van der Waals surface area contributed by atoms with Crippen molar-refractivity contribution in [2.24, 2.45) is 23.5 Å². The Morgan fingerprint density at radius 3 is 2.62 bits per heavy atom. The van der Waals surface area contributed by atoms with E-state index in [9.17, 15) is 4.79 Å². The highest BCUT2D eigenvalue weighted by Crippen LogP contribution is 2.31. The number of carbonyl (C=O) groups excluding carboxylic acids is 1. The van der Waals surface area contributed by atoms with Crippen LogP contribution in [0.25, 0.3) is 0 Å². The molecule has 1 aliphatic heterocycles. The fourth-order valence-electron chi connectivity index (χ4n) is 3.24. The third kappa shape index (κ3) is 2.40. The molecule has 0 radical (unpaired) electrons. The molecule has 0 bridgehead atoms. The summed E-state index contributed by atoms with van der Waals surface area (Å²) >= 11 is 0. The lowest BCUT2D eigenvalue weighted by Crippen LogP contribution is -2.33. The van der Waals surface area contributed by atoms with Crippen molar-refractivity contribution >= 4 is 5.91 Å². The van der Waals surface area contributed by atoms with Gasteiger partial charge >= 0.3 is 0 Å². The van der Waals surface area contributed by atoms with Crippen LogP contribution in [-0.4, -0.2) is 30.4 Å². The van der Waals surface area contributed by atoms with Crippen LogP contribution in [0.1, 0.15) is 39.0 Å². The smallest absolute Gasteiger partial charge is 0.225 e. The van der Waals surface area contributed by atoms with E-state index in [2.05, 4.69) is 11.8 Å². The second-order valence-electron chi connectivity index (χ2n) is 5.54. The van der Waals surface area contributed by atoms with Crippen molar-refractivity contribution in [3.63, 3.8) is 0 Å². The molecule has 1 saturated carbocycles. The first-order valence-electron chi connectivity index (χ1n) is 6.71. The Morgan fingerprint density at radius 2 is 2.00 bits per heavy atom. The Kier molecular flexibility index (Phi) is 3.85. The zero-order chi connectivity index (χ0) is 11.5. The van der Waals surface area contributed by atoms with E-state index >= 15 is 0 Å². The average Bonchev–Trinajstić information content (AvgIpc) is 2.88. The van der Waals surface area contributed by atoms with Gasteiger partial charge < -0.3 is 10.6 Å². The third-order valence-corrected chi connectivity index (χ3v) is 4.32. The van der Waals surface area contributed by atoms with E-state index in [0.29, 0.717) is 23.7 Å². The zero-order valence-electron chi connectivity index (χ0n) is 10.3. The van der Waals surface area contributed by atoms with Gasteiger partial charge in [0.15, 0.2) is 0 Å². The number of rotatable bonds is 3. The lowest BCUT2D eigenvalue weighted by molar-refractivity contribution is -0.134. The van der Waals surface area contributed by atoms with Crippen LogP contribution in [0.4, 0.5) is 0 Å². The third-order valence-electron chi connectivity index (χ3n) is 4.32. The molecule has 1 heterocycles. The van der Waals surface area contributed by atoms with E-state index < -0.39 is 0 Å². The van der Waals surface area contributed by atoms with E-state index in [0.717, 1.165) is 38.9 Å². The largest absolute Gasteiger partial charge is 0.342 e. The van der Waals surface area contributed by atoms with Crippen molar-refractivity contribution in [2.45, 2.75) is 39.0 Å². The Balaban J connectivity index is 1.88. The van der Waals surface area contributed by atoms with E-state index in [4.69, 9.17) is 5.73 Å². The number of hydrogen-bond donors (Lipinski definition) is 1. The SMILES string of the molecule is C[C@@H]1CN(C(=O)C2CCCC2)C[C@H]1CCN. The quantitative estimate of drug-likeness (QED) is 0.792. The lowest BCUT2D eigenvalue weighted by Gasteiger charge is -2.20. The van der Waals surface area contributed by atoms with Gasteiger partial charge in [0.1, 0.15) is 0 Å². The van der Waals surface area contributed by atoms with E-state index in [-0.39, 0.29) is 0 Å². The van der Waals surface area contributed by atoms with Gasteiger partial charge in [-0.1, -0.05) is 19.8 Å². The van der Waals surface area contributed by atoms with Crippen molar-refractivity contribution in [1.29, 1.82) is 0 Å². The predicted octanol–water partition coefficient (Wildman–Crippen LogP) is 1.62. The maximum absolute atomic E-state index is 12.2. The normalized spacial score (nSPS) is 31.2. The number of likely N-dealkylation sites (tertiary alicyclic amines) is 1. The first kappa shape index (κ1) is 11.9. The molecule has 2 rings (SSSR count). The van der Waals surface area contributed by atoms with Crippen LogP contribution in [0.5, 0.6) is 0 Å². The highest BCUT2D eigenvalue weighted by molar-refractivity contribution is 5.79. The molecule has 0 aromatic rings. The minimum atomic E-state index is 0.337. The lowest BCUT2D eigenvalue weighted by atomic mass is 9.95. The number of nitrogens with zero attached hydrogens (tertiary/aromatic N) is 1. The van der Waals surface area contributed by atoms with Gasteiger partial charge in [-0.05, 0) is 37.6 Å².